The summed E-state index contributed by atoms with van der Waals surface area (Å²) < 4.78 is 0. The van der Waals surface area contributed by atoms with Crippen molar-refractivity contribution in [3.8, 4) is 10.7 Å². The highest BCUT2D eigenvalue weighted by Gasteiger charge is 2.27. The first-order chi connectivity index (χ1) is 14.0. The van der Waals surface area contributed by atoms with Crippen molar-refractivity contribution in [1.29, 1.82) is 5.41 Å². The van der Waals surface area contributed by atoms with E-state index in [1.165, 1.54) is 17.7 Å². The highest BCUT2D eigenvalue weighted by Crippen LogP contribution is 2.40. The number of pyridine rings is 1. The van der Waals surface area contributed by atoms with Gasteiger partial charge in [0.1, 0.15) is 16.2 Å². The van der Waals surface area contributed by atoms with Crippen LogP contribution in [0, 0.1) is 5.41 Å². The van der Waals surface area contributed by atoms with Crippen LogP contribution in [0.1, 0.15) is 23.5 Å². The number of hydrogen-bond acceptors (Lipinski definition) is 7. The molecular formula is C20H18ClN7S. The predicted octanol–water partition coefficient (Wildman–Crippen LogP) is 4.92. The zero-order chi connectivity index (χ0) is 20.4. The number of aromatic nitrogens is 5. The lowest BCUT2D eigenvalue weighted by Crippen LogP contribution is -2.13. The Labute approximate surface area is 177 Å². The molecule has 0 aliphatic carbocycles. The number of thiazole rings is 1. The quantitative estimate of drug-likeness (QED) is 0.429. The number of H-pyrrole nitrogens is 1. The van der Waals surface area contributed by atoms with E-state index in [-0.39, 0.29) is 5.92 Å². The Morgan fingerprint density at radius 1 is 1.17 bits per heavy atom. The van der Waals surface area contributed by atoms with Crippen LogP contribution in [0.15, 0.2) is 55.0 Å². The molecule has 0 amide bonds. The summed E-state index contributed by atoms with van der Waals surface area (Å²) >= 11 is 7.52. The number of nitrogens with one attached hydrogen (secondary N) is 2. The molecule has 0 spiro atoms. The summed E-state index contributed by atoms with van der Waals surface area (Å²) in [6, 6.07) is 13.2. The molecule has 3 aromatic heterocycles. The molecule has 1 atom stereocenters. The fourth-order valence-corrected chi connectivity index (χ4v) is 4.37. The molecule has 4 aromatic rings. The first-order valence-electron chi connectivity index (χ1n) is 8.86. The zero-order valence-electron chi connectivity index (χ0n) is 15.8. The summed E-state index contributed by atoms with van der Waals surface area (Å²) in [6.45, 7) is 1.78. The molecule has 0 radical (unpaired) electrons. The Kier molecular flexibility index (Phi) is 5.37. The molecule has 9 heteroatoms. The van der Waals surface area contributed by atoms with Gasteiger partial charge >= 0.3 is 0 Å². The van der Waals surface area contributed by atoms with E-state index in [0.717, 1.165) is 27.1 Å². The maximum atomic E-state index is 8.34. The van der Waals surface area contributed by atoms with Crippen LogP contribution in [0.5, 0.6) is 0 Å². The van der Waals surface area contributed by atoms with Gasteiger partial charge in [0, 0.05) is 29.7 Å². The van der Waals surface area contributed by atoms with Crippen LogP contribution in [0.4, 0.5) is 11.5 Å². The van der Waals surface area contributed by atoms with Crippen LogP contribution in [0.25, 0.3) is 10.7 Å². The third kappa shape index (κ3) is 3.90. The van der Waals surface area contributed by atoms with E-state index in [9.17, 15) is 0 Å². The van der Waals surface area contributed by atoms with Gasteiger partial charge in [-0.3, -0.25) is 10.1 Å². The van der Waals surface area contributed by atoms with Gasteiger partial charge in [0.15, 0.2) is 11.6 Å². The number of halogens is 1. The van der Waals surface area contributed by atoms with Crippen molar-refractivity contribution < 1.29 is 0 Å². The number of benzene rings is 1. The van der Waals surface area contributed by atoms with E-state index in [0.29, 0.717) is 16.6 Å². The van der Waals surface area contributed by atoms with Crippen molar-refractivity contribution >= 4 is 40.2 Å². The van der Waals surface area contributed by atoms with E-state index >= 15 is 0 Å². The average Bonchev–Trinajstić information content (AvgIpc) is 3.39. The molecule has 0 saturated carbocycles. The summed E-state index contributed by atoms with van der Waals surface area (Å²) in [7, 11) is 1.94. The summed E-state index contributed by atoms with van der Waals surface area (Å²) in [5.74, 6) is 1.04. The van der Waals surface area contributed by atoms with Gasteiger partial charge in [0.2, 0.25) is 0 Å². The fraction of sp³-hybridized carbons (Fsp3) is 0.150. The van der Waals surface area contributed by atoms with Gasteiger partial charge in [-0.15, -0.1) is 11.3 Å². The molecule has 2 N–H and O–H groups in total. The molecule has 4 rings (SSSR count). The molecule has 0 saturated heterocycles. The van der Waals surface area contributed by atoms with Gasteiger partial charge in [-0.05, 0) is 43.3 Å². The monoisotopic (exact) mass is 423 g/mol. The summed E-state index contributed by atoms with van der Waals surface area (Å²) in [6.07, 6.45) is 3.20. The second-order valence-corrected chi connectivity index (χ2v) is 7.91. The van der Waals surface area contributed by atoms with Crippen molar-refractivity contribution in [3.63, 3.8) is 0 Å². The molecule has 146 valence electrons. The second-order valence-electron chi connectivity index (χ2n) is 6.44. The fourth-order valence-electron chi connectivity index (χ4n) is 3.02. The average molecular weight is 424 g/mol. The first kappa shape index (κ1) is 19.2. The zero-order valence-corrected chi connectivity index (χ0v) is 17.4. The molecule has 0 fully saturated rings. The minimum absolute atomic E-state index is 0.324. The van der Waals surface area contributed by atoms with Crippen molar-refractivity contribution in [2.45, 2.75) is 12.8 Å². The van der Waals surface area contributed by atoms with Crippen LogP contribution in [0.2, 0.25) is 5.02 Å². The summed E-state index contributed by atoms with van der Waals surface area (Å²) in [5, 5.41) is 16.7. The Bertz CT molecular complexity index is 1110. The molecule has 1 aromatic carbocycles. The number of hydrogen-bond donors (Lipinski definition) is 2. The van der Waals surface area contributed by atoms with Gasteiger partial charge in [-0.25, -0.2) is 9.97 Å². The Morgan fingerprint density at radius 3 is 2.59 bits per heavy atom. The Morgan fingerprint density at radius 2 is 1.97 bits per heavy atom. The minimum atomic E-state index is -0.324. The standard InChI is InChI=1S/C20H18ClN7S/c1-12(22)16(15-5-3-4-10-23-15)20-26-19(17(29-20)18-24-11-25-27-18)28(2)14-8-6-13(21)7-9-14/h3-11,16,22H,1-2H3,(H,24,25,27). The number of anilines is 2. The van der Waals surface area contributed by atoms with E-state index in [1.807, 2.05) is 54.4 Å². The molecule has 0 aliphatic rings. The van der Waals surface area contributed by atoms with E-state index in [4.69, 9.17) is 22.0 Å². The van der Waals surface area contributed by atoms with Crippen LogP contribution >= 0.6 is 22.9 Å². The van der Waals surface area contributed by atoms with Gasteiger partial charge in [-0.2, -0.15) is 5.10 Å². The Hall–Kier alpha value is -3.10. The topological polar surface area (TPSA) is 94.4 Å². The SMILES string of the molecule is CC(=N)C(c1ccccn1)c1nc(N(C)c2ccc(Cl)cc2)c(-c2ncn[nH]2)s1. The van der Waals surface area contributed by atoms with Gasteiger partial charge in [-0.1, -0.05) is 17.7 Å². The molecule has 3 heterocycles. The lowest BCUT2D eigenvalue weighted by Gasteiger charge is -2.18. The van der Waals surface area contributed by atoms with Crippen molar-refractivity contribution in [3.05, 3.63) is 70.7 Å². The van der Waals surface area contributed by atoms with Crippen molar-refractivity contribution in [2.24, 2.45) is 0 Å². The smallest absolute Gasteiger partial charge is 0.169 e. The van der Waals surface area contributed by atoms with E-state index < -0.39 is 0 Å². The van der Waals surface area contributed by atoms with Gasteiger partial charge < -0.3 is 10.3 Å². The predicted molar refractivity (Wildman–Crippen MR) is 116 cm³/mol. The summed E-state index contributed by atoms with van der Waals surface area (Å²) in [5.41, 5.74) is 2.20. The highest BCUT2D eigenvalue weighted by atomic mass is 35.5. The third-order valence-corrected chi connectivity index (χ3v) is 5.82. The number of rotatable bonds is 6. The molecular weight excluding hydrogens is 406 g/mol. The van der Waals surface area contributed by atoms with Gasteiger partial charge in [0.05, 0.1) is 11.6 Å². The second kappa shape index (κ2) is 8.10. The normalized spacial score (nSPS) is 12.0. The molecule has 0 bridgehead atoms. The number of nitrogens with zero attached hydrogens (tertiary/aromatic N) is 5. The maximum Gasteiger partial charge on any atom is 0.169 e. The Balaban J connectivity index is 1.84. The van der Waals surface area contributed by atoms with E-state index in [2.05, 4.69) is 20.2 Å². The van der Waals surface area contributed by atoms with Crippen LogP contribution in [-0.4, -0.2) is 37.9 Å². The third-order valence-electron chi connectivity index (χ3n) is 4.45. The first-order valence-corrected chi connectivity index (χ1v) is 10.1. The highest BCUT2D eigenvalue weighted by molar-refractivity contribution is 7.16. The molecule has 29 heavy (non-hydrogen) atoms. The lowest BCUT2D eigenvalue weighted by molar-refractivity contribution is 0.957. The van der Waals surface area contributed by atoms with Crippen LogP contribution < -0.4 is 4.90 Å². The van der Waals surface area contributed by atoms with Crippen LogP contribution in [-0.2, 0) is 0 Å². The van der Waals surface area contributed by atoms with E-state index in [1.54, 1.807) is 13.1 Å². The maximum absolute atomic E-state index is 8.34. The van der Waals surface area contributed by atoms with Gasteiger partial charge in [0.25, 0.3) is 0 Å². The largest absolute Gasteiger partial charge is 0.328 e. The minimum Gasteiger partial charge on any atom is -0.328 e. The van der Waals surface area contributed by atoms with Crippen molar-refractivity contribution in [1.82, 2.24) is 25.1 Å². The molecule has 0 aliphatic heterocycles. The summed E-state index contributed by atoms with van der Waals surface area (Å²) in [4.78, 5) is 16.5. The molecule has 7 nitrogen and oxygen atoms in total. The number of aromatic amines is 1. The van der Waals surface area contributed by atoms with Crippen molar-refractivity contribution in [2.75, 3.05) is 11.9 Å². The van der Waals surface area contributed by atoms with Crippen LogP contribution in [0.3, 0.4) is 0 Å². The molecule has 1 unspecified atom stereocenters. The lowest BCUT2D eigenvalue weighted by atomic mass is 10.0.